The highest BCUT2D eigenvalue weighted by Gasteiger charge is 2.44. The molecule has 2 heteroatoms. The van der Waals surface area contributed by atoms with Crippen LogP contribution < -0.4 is 0 Å². The quantitative estimate of drug-likeness (QED) is 0.534. The monoisotopic (exact) mass is 156 g/mol. The largest absolute Gasteiger partial charge is 0.347 e. The summed E-state index contributed by atoms with van der Waals surface area (Å²) in [4.78, 5) is 0. The van der Waals surface area contributed by atoms with E-state index in [1.807, 2.05) is 0 Å². The predicted octanol–water partition coefficient (Wildman–Crippen LogP) is 2.08. The van der Waals surface area contributed by atoms with E-state index >= 15 is 0 Å². The van der Waals surface area contributed by atoms with Crippen LogP contribution in [-0.4, -0.2) is 18.0 Å². The van der Waals surface area contributed by atoms with Gasteiger partial charge in [0.25, 0.3) is 0 Å². The molecule has 0 aromatic carbocycles. The summed E-state index contributed by atoms with van der Waals surface area (Å²) in [7, 11) is 0. The fraction of sp³-hybridized carbons (Fsp3) is 1.00. The van der Waals surface area contributed by atoms with Crippen molar-refractivity contribution in [3.63, 3.8) is 0 Å². The van der Waals surface area contributed by atoms with Crippen molar-refractivity contribution in [3.8, 4) is 0 Å². The van der Waals surface area contributed by atoms with Crippen molar-refractivity contribution in [1.82, 2.24) is 0 Å². The van der Waals surface area contributed by atoms with Crippen LogP contribution in [0.25, 0.3) is 0 Å². The molecule has 0 aromatic rings. The van der Waals surface area contributed by atoms with Crippen LogP contribution in [-0.2, 0) is 9.47 Å². The maximum absolute atomic E-state index is 5.76. The minimum absolute atomic E-state index is 0.168. The van der Waals surface area contributed by atoms with Crippen LogP contribution in [0.5, 0.6) is 0 Å². The summed E-state index contributed by atoms with van der Waals surface area (Å²) < 4.78 is 11.5. The molecule has 2 heterocycles. The molecule has 0 radical (unpaired) electrons. The fourth-order valence-electron chi connectivity index (χ4n) is 2.09. The summed E-state index contributed by atoms with van der Waals surface area (Å²) >= 11 is 0. The smallest absolute Gasteiger partial charge is 0.169 e. The van der Waals surface area contributed by atoms with Gasteiger partial charge >= 0.3 is 0 Å². The Labute approximate surface area is 67.9 Å². The third-order valence-corrected chi connectivity index (χ3v) is 2.70. The van der Waals surface area contributed by atoms with Crippen LogP contribution in [0.2, 0.25) is 0 Å². The van der Waals surface area contributed by atoms with E-state index in [0.29, 0.717) is 12.2 Å². The standard InChI is InChI=1S/C9H16O2/c1-7-3-5-9(10-7)6-4-8(2)11-9/h7-8H,3-6H2,1-2H3/t7-,8+,9?. The first-order valence-electron chi connectivity index (χ1n) is 4.56. The molecule has 2 nitrogen and oxygen atoms in total. The molecule has 1 spiro atoms. The topological polar surface area (TPSA) is 18.5 Å². The van der Waals surface area contributed by atoms with Gasteiger partial charge < -0.3 is 9.47 Å². The van der Waals surface area contributed by atoms with E-state index in [2.05, 4.69) is 13.8 Å². The van der Waals surface area contributed by atoms with Gasteiger partial charge in [0.1, 0.15) is 0 Å². The van der Waals surface area contributed by atoms with Gasteiger partial charge in [0.2, 0.25) is 0 Å². The van der Waals surface area contributed by atoms with Gasteiger partial charge in [-0.15, -0.1) is 0 Å². The molecule has 11 heavy (non-hydrogen) atoms. The average molecular weight is 156 g/mol. The molecular weight excluding hydrogens is 140 g/mol. The first-order chi connectivity index (χ1) is 5.20. The summed E-state index contributed by atoms with van der Waals surface area (Å²) in [6, 6.07) is 0. The molecule has 3 atom stereocenters. The molecule has 0 N–H and O–H groups in total. The van der Waals surface area contributed by atoms with Crippen molar-refractivity contribution in [2.24, 2.45) is 0 Å². The third-order valence-electron chi connectivity index (χ3n) is 2.70. The lowest BCUT2D eigenvalue weighted by atomic mass is 10.1. The Hall–Kier alpha value is -0.0800. The van der Waals surface area contributed by atoms with Gasteiger partial charge in [0.15, 0.2) is 5.79 Å². The van der Waals surface area contributed by atoms with Gasteiger partial charge in [-0.2, -0.15) is 0 Å². The molecular formula is C9H16O2. The highest BCUT2D eigenvalue weighted by molar-refractivity contribution is 4.85. The number of hydrogen-bond acceptors (Lipinski definition) is 2. The normalized spacial score (nSPS) is 50.7. The van der Waals surface area contributed by atoms with E-state index in [9.17, 15) is 0 Å². The zero-order chi connectivity index (χ0) is 7.90. The average Bonchev–Trinajstić information content (AvgIpc) is 2.44. The maximum Gasteiger partial charge on any atom is 0.169 e. The molecule has 2 aliphatic heterocycles. The lowest BCUT2D eigenvalue weighted by Gasteiger charge is -2.23. The Balaban J connectivity index is 2.02. The highest BCUT2D eigenvalue weighted by atomic mass is 16.7. The molecule has 2 fully saturated rings. The first kappa shape index (κ1) is 7.56. The second kappa shape index (κ2) is 2.46. The van der Waals surface area contributed by atoms with Crippen molar-refractivity contribution in [1.29, 1.82) is 0 Å². The van der Waals surface area contributed by atoms with Crippen LogP contribution in [0.3, 0.4) is 0 Å². The zero-order valence-electron chi connectivity index (χ0n) is 7.30. The molecule has 2 aliphatic rings. The third kappa shape index (κ3) is 1.30. The Morgan fingerprint density at radius 3 is 1.73 bits per heavy atom. The maximum atomic E-state index is 5.76. The summed E-state index contributed by atoms with van der Waals surface area (Å²) in [6.07, 6.45) is 5.32. The van der Waals surface area contributed by atoms with Gasteiger partial charge in [-0.25, -0.2) is 0 Å². The lowest BCUT2D eigenvalue weighted by molar-refractivity contribution is -0.210. The van der Waals surface area contributed by atoms with E-state index in [0.717, 1.165) is 25.7 Å². The summed E-state index contributed by atoms with van der Waals surface area (Å²) in [5, 5.41) is 0. The summed E-state index contributed by atoms with van der Waals surface area (Å²) in [5.41, 5.74) is 0. The van der Waals surface area contributed by atoms with Crippen molar-refractivity contribution < 1.29 is 9.47 Å². The van der Waals surface area contributed by atoms with Crippen LogP contribution in [0, 0.1) is 0 Å². The van der Waals surface area contributed by atoms with E-state index in [-0.39, 0.29) is 5.79 Å². The SMILES string of the molecule is C[C@@H]1CCC2(CC[C@H](C)O2)O1. The summed E-state index contributed by atoms with van der Waals surface area (Å²) in [5.74, 6) is -0.168. The van der Waals surface area contributed by atoms with Crippen molar-refractivity contribution in [2.45, 2.75) is 57.5 Å². The van der Waals surface area contributed by atoms with Gasteiger partial charge in [0, 0.05) is 12.8 Å². The minimum Gasteiger partial charge on any atom is -0.347 e. The van der Waals surface area contributed by atoms with E-state index in [4.69, 9.17) is 9.47 Å². The number of rotatable bonds is 0. The van der Waals surface area contributed by atoms with Gasteiger partial charge in [-0.05, 0) is 26.7 Å². The zero-order valence-corrected chi connectivity index (χ0v) is 7.30. The molecule has 2 rings (SSSR count). The number of ether oxygens (including phenoxy) is 2. The van der Waals surface area contributed by atoms with Gasteiger partial charge in [0.05, 0.1) is 12.2 Å². The molecule has 2 saturated heterocycles. The van der Waals surface area contributed by atoms with E-state index in [1.54, 1.807) is 0 Å². The molecule has 0 saturated carbocycles. The predicted molar refractivity (Wildman–Crippen MR) is 42.3 cm³/mol. The Kier molecular flexibility index (Phi) is 1.69. The highest BCUT2D eigenvalue weighted by Crippen LogP contribution is 2.41. The Morgan fingerprint density at radius 1 is 1.00 bits per heavy atom. The second-order valence-electron chi connectivity index (χ2n) is 3.84. The molecule has 0 bridgehead atoms. The van der Waals surface area contributed by atoms with Crippen molar-refractivity contribution in [2.75, 3.05) is 0 Å². The molecule has 0 aliphatic carbocycles. The fourth-order valence-corrected chi connectivity index (χ4v) is 2.09. The van der Waals surface area contributed by atoms with Crippen LogP contribution in [0.1, 0.15) is 39.5 Å². The van der Waals surface area contributed by atoms with Gasteiger partial charge in [-0.1, -0.05) is 0 Å². The van der Waals surface area contributed by atoms with E-state index < -0.39 is 0 Å². The minimum atomic E-state index is -0.168. The lowest BCUT2D eigenvalue weighted by Crippen LogP contribution is -2.28. The molecule has 0 amide bonds. The van der Waals surface area contributed by atoms with Crippen LogP contribution in [0.4, 0.5) is 0 Å². The summed E-state index contributed by atoms with van der Waals surface area (Å²) in [6.45, 7) is 4.25. The molecule has 1 unspecified atom stereocenters. The van der Waals surface area contributed by atoms with Crippen LogP contribution >= 0.6 is 0 Å². The first-order valence-corrected chi connectivity index (χ1v) is 4.56. The van der Waals surface area contributed by atoms with Crippen molar-refractivity contribution >= 4 is 0 Å². The van der Waals surface area contributed by atoms with Gasteiger partial charge in [-0.3, -0.25) is 0 Å². The van der Waals surface area contributed by atoms with Crippen molar-refractivity contribution in [3.05, 3.63) is 0 Å². The number of hydrogen-bond donors (Lipinski definition) is 0. The second-order valence-corrected chi connectivity index (χ2v) is 3.84. The van der Waals surface area contributed by atoms with E-state index in [1.165, 1.54) is 0 Å². The van der Waals surface area contributed by atoms with Crippen LogP contribution in [0.15, 0.2) is 0 Å². The molecule has 0 aromatic heterocycles. The Morgan fingerprint density at radius 2 is 1.45 bits per heavy atom. The molecule has 64 valence electrons. The Bertz CT molecular complexity index is 138.